The minimum atomic E-state index is 0.230. The van der Waals surface area contributed by atoms with Crippen molar-refractivity contribution in [1.29, 1.82) is 0 Å². The number of rotatable bonds is 9. The zero-order valence-electron chi connectivity index (χ0n) is 17.3. The van der Waals surface area contributed by atoms with Crippen molar-refractivity contribution in [1.82, 2.24) is 15.2 Å². The minimum Gasteiger partial charge on any atom is -0.493 e. The third-order valence-corrected chi connectivity index (χ3v) is 6.11. The highest BCUT2D eigenvalue weighted by Gasteiger charge is 2.15. The molecule has 0 saturated carbocycles. The Morgan fingerprint density at radius 3 is 2.74 bits per heavy atom. The Kier molecular flexibility index (Phi) is 6.73. The first-order valence-electron chi connectivity index (χ1n) is 9.46. The Hall–Kier alpha value is -3.04. The molecule has 0 aliphatic carbocycles. The number of aromatic nitrogens is 3. The number of thioether (sulfide) groups is 1. The number of thiazole rings is 1. The summed E-state index contributed by atoms with van der Waals surface area (Å²) in [6, 6.07) is 13.6. The third-order valence-electron chi connectivity index (χ3n) is 4.33. The maximum absolute atomic E-state index is 5.70. The lowest BCUT2D eigenvalue weighted by Crippen LogP contribution is -1.95. The van der Waals surface area contributed by atoms with Gasteiger partial charge in [-0.25, -0.2) is 4.98 Å². The van der Waals surface area contributed by atoms with E-state index in [0.29, 0.717) is 28.4 Å². The monoisotopic (exact) mass is 455 g/mol. The van der Waals surface area contributed by atoms with E-state index in [1.54, 1.807) is 25.6 Å². The van der Waals surface area contributed by atoms with E-state index in [2.05, 4.69) is 10.2 Å². The lowest BCUT2D eigenvalue weighted by molar-refractivity contribution is 0.252. The number of para-hydroxylation sites is 1. The third kappa shape index (κ3) is 5.18. The summed E-state index contributed by atoms with van der Waals surface area (Å²) in [6.45, 7) is 2.25. The number of hydrogen-bond acceptors (Lipinski definition) is 9. The van der Waals surface area contributed by atoms with Crippen LogP contribution in [-0.4, -0.2) is 29.4 Å². The number of hydrogen-bond donors (Lipinski definition) is 0. The summed E-state index contributed by atoms with van der Waals surface area (Å²) in [4.78, 5) is 4.72. The van der Waals surface area contributed by atoms with E-state index in [1.807, 2.05) is 54.8 Å². The number of nitrogens with zero attached hydrogens (tertiary/aromatic N) is 3. The van der Waals surface area contributed by atoms with Crippen molar-refractivity contribution in [3.63, 3.8) is 0 Å². The van der Waals surface area contributed by atoms with E-state index in [-0.39, 0.29) is 6.61 Å². The van der Waals surface area contributed by atoms with Crippen molar-refractivity contribution in [2.24, 2.45) is 0 Å². The van der Waals surface area contributed by atoms with Crippen molar-refractivity contribution >= 4 is 23.1 Å². The molecular formula is C22H21N3O4S2. The van der Waals surface area contributed by atoms with Gasteiger partial charge < -0.3 is 18.6 Å². The molecule has 0 N–H and O–H groups in total. The summed E-state index contributed by atoms with van der Waals surface area (Å²) in [5, 5.41) is 11.5. The molecule has 4 aromatic rings. The number of aryl methyl sites for hydroxylation is 1. The van der Waals surface area contributed by atoms with Gasteiger partial charge in [0.1, 0.15) is 10.8 Å². The fourth-order valence-corrected chi connectivity index (χ4v) is 4.51. The van der Waals surface area contributed by atoms with Gasteiger partial charge in [-0.2, -0.15) is 0 Å². The molecule has 31 heavy (non-hydrogen) atoms. The molecule has 2 heterocycles. The van der Waals surface area contributed by atoms with Crippen LogP contribution in [0.4, 0.5) is 0 Å². The van der Waals surface area contributed by atoms with Gasteiger partial charge in [-0.1, -0.05) is 30.0 Å². The standard InChI is InChI=1S/C22H21N3O4S2/c1-14-6-4-7-16(10-14)28-11-19-24-25-22(29-19)31-13-15-12-30-21(23-15)17-8-5-9-18(26-2)20(17)27-3/h4-10,12H,11,13H2,1-3H3. The first kappa shape index (κ1) is 21.2. The Bertz CT molecular complexity index is 1160. The van der Waals surface area contributed by atoms with Crippen LogP contribution in [0.3, 0.4) is 0 Å². The van der Waals surface area contributed by atoms with Gasteiger partial charge in [0.2, 0.25) is 0 Å². The maximum Gasteiger partial charge on any atom is 0.277 e. The molecule has 0 aliphatic rings. The predicted octanol–water partition coefficient (Wildman–Crippen LogP) is 5.39. The van der Waals surface area contributed by atoms with Gasteiger partial charge in [0.15, 0.2) is 18.1 Å². The summed E-state index contributed by atoms with van der Waals surface area (Å²) in [6.07, 6.45) is 0. The molecule has 0 atom stereocenters. The second-order valence-corrected chi connectivity index (χ2v) is 8.33. The molecule has 0 aliphatic heterocycles. The maximum atomic E-state index is 5.70. The summed E-state index contributed by atoms with van der Waals surface area (Å²) >= 11 is 2.99. The van der Waals surface area contributed by atoms with Crippen molar-refractivity contribution in [2.75, 3.05) is 14.2 Å². The van der Waals surface area contributed by atoms with Gasteiger partial charge in [-0.3, -0.25) is 0 Å². The summed E-state index contributed by atoms with van der Waals surface area (Å²) < 4.78 is 22.3. The average Bonchev–Trinajstić information content (AvgIpc) is 3.45. The molecule has 2 aromatic carbocycles. The van der Waals surface area contributed by atoms with Gasteiger partial charge in [-0.15, -0.1) is 21.5 Å². The molecule has 9 heteroatoms. The highest BCUT2D eigenvalue weighted by molar-refractivity contribution is 7.98. The van der Waals surface area contributed by atoms with Crippen LogP contribution in [-0.2, 0) is 12.4 Å². The van der Waals surface area contributed by atoms with Gasteiger partial charge >= 0.3 is 0 Å². The molecule has 0 spiro atoms. The van der Waals surface area contributed by atoms with Crippen LogP contribution in [0.1, 0.15) is 17.1 Å². The molecule has 0 fully saturated rings. The zero-order valence-corrected chi connectivity index (χ0v) is 19.0. The summed E-state index contributed by atoms with van der Waals surface area (Å²) in [5.41, 5.74) is 2.95. The Balaban J connectivity index is 1.36. The van der Waals surface area contributed by atoms with E-state index >= 15 is 0 Å². The Labute approximate surface area is 188 Å². The molecule has 7 nitrogen and oxygen atoms in total. The van der Waals surface area contributed by atoms with E-state index in [1.165, 1.54) is 11.8 Å². The van der Waals surface area contributed by atoms with E-state index < -0.39 is 0 Å². The van der Waals surface area contributed by atoms with Crippen LogP contribution in [0.2, 0.25) is 0 Å². The number of methoxy groups -OCH3 is 2. The van der Waals surface area contributed by atoms with Crippen LogP contribution in [0.5, 0.6) is 17.2 Å². The largest absolute Gasteiger partial charge is 0.493 e. The lowest BCUT2D eigenvalue weighted by atomic mass is 10.2. The van der Waals surface area contributed by atoms with Crippen molar-refractivity contribution in [3.05, 3.63) is 65.0 Å². The number of benzene rings is 2. The molecule has 160 valence electrons. The van der Waals surface area contributed by atoms with E-state index in [9.17, 15) is 0 Å². The smallest absolute Gasteiger partial charge is 0.277 e. The SMILES string of the molecule is COc1cccc(-c2nc(CSc3nnc(COc4cccc(C)c4)o3)cs2)c1OC. The zero-order chi connectivity index (χ0) is 21.6. The quantitative estimate of drug-likeness (QED) is 0.311. The molecule has 0 radical (unpaired) electrons. The second-order valence-electron chi connectivity index (χ2n) is 6.54. The summed E-state index contributed by atoms with van der Waals surface area (Å²) in [7, 11) is 3.25. The minimum absolute atomic E-state index is 0.230. The van der Waals surface area contributed by atoms with E-state index in [0.717, 1.165) is 27.6 Å². The first-order valence-corrected chi connectivity index (χ1v) is 11.3. The molecule has 2 aromatic heterocycles. The van der Waals surface area contributed by atoms with Crippen molar-refractivity contribution in [3.8, 4) is 27.8 Å². The second kappa shape index (κ2) is 9.84. The average molecular weight is 456 g/mol. The highest BCUT2D eigenvalue weighted by atomic mass is 32.2. The fraction of sp³-hybridized carbons (Fsp3) is 0.227. The Morgan fingerprint density at radius 1 is 1.06 bits per heavy atom. The Morgan fingerprint density at radius 2 is 1.94 bits per heavy atom. The van der Waals surface area contributed by atoms with Gasteiger partial charge in [-0.05, 0) is 36.8 Å². The molecular weight excluding hydrogens is 434 g/mol. The van der Waals surface area contributed by atoms with Crippen LogP contribution < -0.4 is 14.2 Å². The first-order chi connectivity index (χ1) is 15.2. The topological polar surface area (TPSA) is 79.5 Å². The normalized spacial score (nSPS) is 10.8. The molecule has 0 unspecified atom stereocenters. The van der Waals surface area contributed by atoms with Crippen LogP contribution in [0, 0.1) is 6.92 Å². The molecule has 4 rings (SSSR count). The van der Waals surface area contributed by atoms with Crippen LogP contribution in [0.15, 0.2) is 57.5 Å². The van der Waals surface area contributed by atoms with Gasteiger partial charge in [0.25, 0.3) is 11.1 Å². The molecule has 0 bridgehead atoms. The fourth-order valence-electron chi connectivity index (χ4n) is 2.89. The van der Waals surface area contributed by atoms with Crippen molar-refractivity contribution in [2.45, 2.75) is 24.5 Å². The summed E-state index contributed by atoms with van der Waals surface area (Å²) in [5.74, 6) is 3.17. The number of ether oxygens (including phenoxy) is 3. The highest BCUT2D eigenvalue weighted by Crippen LogP contribution is 2.39. The van der Waals surface area contributed by atoms with Crippen LogP contribution >= 0.6 is 23.1 Å². The van der Waals surface area contributed by atoms with Crippen LogP contribution in [0.25, 0.3) is 10.6 Å². The van der Waals surface area contributed by atoms with Gasteiger partial charge in [0.05, 0.1) is 25.5 Å². The predicted molar refractivity (Wildman–Crippen MR) is 120 cm³/mol. The van der Waals surface area contributed by atoms with E-state index in [4.69, 9.17) is 23.6 Å². The van der Waals surface area contributed by atoms with Crippen molar-refractivity contribution < 1.29 is 18.6 Å². The van der Waals surface area contributed by atoms with Gasteiger partial charge in [0, 0.05) is 11.1 Å². The molecule has 0 amide bonds. The molecule has 0 saturated heterocycles. The lowest BCUT2D eigenvalue weighted by Gasteiger charge is -2.10.